The van der Waals surface area contributed by atoms with Crippen molar-refractivity contribution in [2.24, 2.45) is 22.9 Å². The molecule has 0 aromatic carbocycles. The van der Waals surface area contributed by atoms with Gasteiger partial charge in [0.2, 0.25) is 29.5 Å². The van der Waals surface area contributed by atoms with Crippen molar-refractivity contribution in [3.63, 3.8) is 0 Å². The van der Waals surface area contributed by atoms with Crippen molar-refractivity contribution in [3.8, 4) is 0 Å². The largest absolute Gasteiger partial charge is 0.378 e. The minimum absolute atomic E-state index is 0.0179. The molecule has 0 spiro atoms. The van der Waals surface area contributed by atoms with Crippen LogP contribution < -0.4 is 44.2 Å². The molecule has 0 saturated heterocycles. The highest BCUT2D eigenvalue weighted by Gasteiger charge is 2.34. The molecule has 292 valence electrons. The second-order valence-corrected chi connectivity index (χ2v) is 12.5. The normalized spacial score (nSPS) is 11.3. The average Bonchev–Trinajstić information content (AvgIpc) is 3.08. The lowest BCUT2D eigenvalue weighted by Gasteiger charge is -2.34. The molecule has 0 aliphatic rings. The fourth-order valence-electron chi connectivity index (χ4n) is 4.79. The molecule has 0 aliphatic carbocycles. The summed E-state index contributed by atoms with van der Waals surface area (Å²) in [5.41, 5.74) is 20.5. The van der Waals surface area contributed by atoms with Crippen molar-refractivity contribution < 1.29 is 38.2 Å². The fraction of sp³-hybridized carbons (Fsp3) is 0.853. The predicted octanol–water partition coefficient (Wildman–Crippen LogP) is -0.157. The summed E-state index contributed by atoms with van der Waals surface area (Å²) in [6.45, 7) is 3.11. The summed E-state index contributed by atoms with van der Waals surface area (Å²) in [6.07, 6.45) is 10.6. The van der Waals surface area contributed by atoms with Crippen LogP contribution >= 0.6 is 0 Å². The highest BCUT2D eigenvalue weighted by molar-refractivity contribution is 5.77. The molecule has 0 atom stereocenters. The standard InChI is InChI=1S/C34H68N8O8/c35-17-9-20-39-30(44)14-23-48-26-34(27-49-24-15-31(45)40-21-10-18-36,28-50-25-16-32(46)41-22-11-19-37)42-33(47)13-8-6-4-2-1-3-5-7-12-29(38)43/h1-28,35-37H2,(H2,38,43)(H,39,44)(H,40,45)(H,41,46)(H,42,47). The van der Waals surface area contributed by atoms with E-state index in [2.05, 4.69) is 21.3 Å². The molecule has 0 rings (SSSR count). The van der Waals surface area contributed by atoms with Gasteiger partial charge in [0.25, 0.3) is 0 Å². The molecule has 0 saturated carbocycles. The summed E-state index contributed by atoms with van der Waals surface area (Å²) in [5.74, 6) is -0.986. The zero-order valence-electron chi connectivity index (χ0n) is 30.4. The molecule has 0 fully saturated rings. The summed E-state index contributed by atoms with van der Waals surface area (Å²) in [5, 5.41) is 11.4. The van der Waals surface area contributed by atoms with Gasteiger partial charge in [0.05, 0.1) is 39.6 Å². The number of amides is 5. The number of hydrogen-bond donors (Lipinski definition) is 8. The number of unbranched alkanes of at least 4 members (excludes halogenated alkanes) is 7. The van der Waals surface area contributed by atoms with Crippen LogP contribution in [0.3, 0.4) is 0 Å². The topological polar surface area (TPSA) is 265 Å². The third-order valence-electron chi connectivity index (χ3n) is 7.65. The van der Waals surface area contributed by atoms with E-state index in [1.54, 1.807) is 0 Å². The molecule has 0 unspecified atom stereocenters. The van der Waals surface area contributed by atoms with Gasteiger partial charge < -0.3 is 58.4 Å². The second kappa shape index (κ2) is 33.3. The minimum Gasteiger partial charge on any atom is -0.378 e. The van der Waals surface area contributed by atoms with Gasteiger partial charge in [-0.1, -0.05) is 38.5 Å². The van der Waals surface area contributed by atoms with E-state index in [-0.39, 0.29) is 94.9 Å². The van der Waals surface area contributed by atoms with Crippen LogP contribution in [-0.4, -0.2) is 114 Å². The van der Waals surface area contributed by atoms with E-state index in [0.717, 1.165) is 44.9 Å². The van der Waals surface area contributed by atoms with Gasteiger partial charge in [0.15, 0.2) is 0 Å². The third kappa shape index (κ3) is 30.0. The molecule has 50 heavy (non-hydrogen) atoms. The van der Waals surface area contributed by atoms with Crippen LogP contribution in [0.1, 0.15) is 103 Å². The van der Waals surface area contributed by atoms with Gasteiger partial charge in [-0.05, 0) is 51.7 Å². The molecule has 16 heteroatoms. The molecule has 16 nitrogen and oxygen atoms in total. The Kier molecular flexibility index (Phi) is 31.3. The molecule has 5 amide bonds. The molecule has 0 aromatic rings. The van der Waals surface area contributed by atoms with Crippen LogP contribution in [0.4, 0.5) is 0 Å². The summed E-state index contributed by atoms with van der Waals surface area (Å²) in [7, 11) is 0. The first kappa shape index (κ1) is 47.1. The van der Waals surface area contributed by atoms with Gasteiger partial charge in [0, 0.05) is 51.7 Å². The van der Waals surface area contributed by atoms with Crippen molar-refractivity contribution in [2.75, 3.05) is 78.9 Å². The van der Waals surface area contributed by atoms with Crippen molar-refractivity contribution in [3.05, 3.63) is 0 Å². The van der Waals surface area contributed by atoms with E-state index >= 15 is 0 Å². The van der Waals surface area contributed by atoms with Gasteiger partial charge >= 0.3 is 0 Å². The van der Waals surface area contributed by atoms with Crippen LogP contribution in [0.15, 0.2) is 0 Å². The van der Waals surface area contributed by atoms with Crippen LogP contribution in [-0.2, 0) is 38.2 Å². The summed E-state index contributed by atoms with van der Waals surface area (Å²) in [6, 6.07) is 0. The predicted molar refractivity (Wildman–Crippen MR) is 193 cm³/mol. The van der Waals surface area contributed by atoms with E-state index in [4.69, 9.17) is 37.1 Å². The Labute approximate surface area is 298 Å². The molecular weight excluding hydrogens is 648 g/mol. The van der Waals surface area contributed by atoms with E-state index in [0.29, 0.717) is 71.4 Å². The number of nitrogens with two attached hydrogens (primary N) is 4. The van der Waals surface area contributed by atoms with Crippen molar-refractivity contribution in [1.82, 2.24) is 21.3 Å². The van der Waals surface area contributed by atoms with E-state index in [1.807, 2.05) is 0 Å². The van der Waals surface area contributed by atoms with Crippen LogP contribution in [0.5, 0.6) is 0 Å². The Bertz CT molecular complexity index is 838. The second-order valence-electron chi connectivity index (χ2n) is 12.5. The monoisotopic (exact) mass is 717 g/mol. The first-order chi connectivity index (χ1) is 24.2. The fourth-order valence-corrected chi connectivity index (χ4v) is 4.79. The first-order valence-electron chi connectivity index (χ1n) is 18.4. The van der Waals surface area contributed by atoms with E-state index in [1.165, 1.54) is 0 Å². The quantitative estimate of drug-likeness (QED) is 0.0395. The lowest BCUT2D eigenvalue weighted by atomic mass is 10.0. The van der Waals surface area contributed by atoms with E-state index < -0.39 is 5.54 Å². The van der Waals surface area contributed by atoms with Crippen LogP contribution in [0.2, 0.25) is 0 Å². The number of ether oxygens (including phenoxy) is 3. The minimum atomic E-state index is -1.13. The maximum atomic E-state index is 13.2. The van der Waals surface area contributed by atoms with Gasteiger partial charge in [-0.15, -0.1) is 0 Å². The maximum absolute atomic E-state index is 13.2. The molecule has 0 heterocycles. The van der Waals surface area contributed by atoms with Crippen molar-refractivity contribution >= 4 is 29.5 Å². The SMILES string of the molecule is NCCCNC(=O)CCOCC(COCCC(=O)NCCCN)(COCCC(=O)NCCCN)NC(=O)CCCCCCCCCCC(N)=O. The third-order valence-corrected chi connectivity index (χ3v) is 7.65. The van der Waals surface area contributed by atoms with Gasteiger partial charge in [-0.25, -0.2) is 0 Å². The van der Waals surface area contributed by atoms with Crippen molar-refractivity contribution in [1.29, 1.82) is 0 Å². The molecule has 0 aromatic heterocycles. The lowest BCUT2D eigenvalue weighted by Crippen LogP contribution is -2.58. The Morgan fingerprint density at radius 2 is 0.780 bits per heavy atom. The highest BCUT2D eigenvalue weighted by Crippen LogP contribution is 2.14. The lowest BCUT2D eigenvalue weighted by molar-refractivity contribution is -0.130. The number of nitrogens with one attached hydrogen (secondary N) is 4. The number of rotatable bonds is 36. The van der Waals surface area contributed by atoms with Crippen LogP contribution in [0, 0.1) is 0 Å². The average molecular weight is 717 g/mol. The van der Waals surface area contributed by atoms with Gasteiger partial charge in [0.1, 0.15) is 5.54 Å². The maximum Gasteiger partial charge on any atom is 0.222 e. The zero-order valence-corrected chi connectivity index (χ0v) is 30.4. The zero-order chi connectivity index (χ0) is 37.1. The highest BCUT2D eigenvalue weighted by atomic mass is 16.5. The number of carbonyl (C=O) groups excluding carboxylic acids is 5. The van der Waals surface area contributed by atoms with E-state index in [9.17, 15) is 24.0 Å². The molecule has 0 aliphatic heterocycles. The number of hydrogen-bond acceptors (Lipinski definition) is 11. The Balaban J connectivity index is 5.28. The van der Waals surface area contributed by atoms with Crippen molar-refractivity contribution in [2.45, 2.75) is 108 Å². The molecular formula is C34H68N8O8. The number of primary amides is 1. The first-order valence-corrected chi connectivity index (χ1v) is 18.4. The Morgan fingerprint density at radius 3 is 1.12 bits per heavy atom. The molecule has 0 bridgehead atoms. The summed E-state index contributed by atoms with van der Waals surface area (Å²) in [4.78, 5) is 60.7. The van der Waals surface area contributed by atoms with Crippen LogP contribution in [0.25, 0.3) is 0 Å². The summed E-state index contributed by atoms with van der Waals surface area (Å²) >= 11 is 0. The number of carbonyl (C=O) groups is 5. The molecule has 0 radical (unpaired) electrons. The Morgan fingerprint density at radius 1 is 0.440 bits per heavy atom. The van der Waals surface area contributed by atoms with Gasteiger partial charge in [-0.2, -0.15) is 0 Å². The van der Waals surface area contributed by atoms with Gasteiger partial charge in [-0.3, -0.25) is 24.0 Å². The smallest absolute Gasteiger partial charge is 0.222 e. The molecule has 12 N–H and O–H groups in total. The Hall–Kier alpha value is -2.89. The summed E-state index contributed by atoms with van der Waals surface area (Å²) < 4.78 is 17.7.